The highest BCUT2D eigenvalue weighted by Crippen LogP contribution is 2.37. The molecule has 1 aromatic heterocycles. The maximum absolute atomic E-state index is 12.6. The third kappa shape index (κ3) is 2.96. The van der Waals surface area contributed by atoms with Gasteiger partial charge in [-0.25, -0.2) is 0 Å². The topological polar surface area (TPSA) is 42.2 Å². The zero-order valence-electron chi connectivity index (χ0n) is 14.0. The maximum Gasteiger partial charge on any atom is 0.231 e. The number of benzene rings is 1. The SMILES string of the molecule is C[Si](C)(C)C1=C(CCC(=O)n2ccc3ccccc32)C=C1CO. The Bertz CT molecular complexity index is 821. The molecule has 4 heteroatoms. The minimum atomic E-state index is -1.47. The fourth-order valence-electron chi connectivity index (χ4n) is 3.43. The molecule has 2 aromatic rings. The van der Waals surface area contributed by atoms with Crippen molar-refractivity contribution in [1.29, 1.82) is 0 Å². The molecule has 0 saturated carbocycles. The number of aliphatic hydroxyl groups excluding tert-OH is 1. The molecule has 0 spiro atoms. The van der Waals surface area contributed by atoms with Crippen LogP contribution in [0.2, 0.25) is 19.6 Å². The molecule has 0 fully saturated rings. The molecule has 0 bridgehead atoms. The summed E-state index contributed by atoms with van der Waals surface area (Å²) in [6, 6.07) is 9.92. The van der Waals surface area contributed by atoms with Gasteiger partial charge in [-0.1, -0.05) is 49.1 Å². The Hall–Kier alpha value is -1.91. The van der Waals surface area contributed by atoms with Gasteiger partial charge in [0.25, 0.3) is 0 Å². The minimum absolute atomic E-state index is 0.110. The first-order chi connectivity index (χ1) is 10.9. The van der Waals surface area contributed by atoms with Crippen LogP contribution in [-0.2, 0) is 0 Å². The van der Waals surface area contributed by atoms with Gasteiger partial charge < -0.3 is 5.11 Å². The number of hydrogen-bond donors (Lipinski definition) is 1. The fourth-order valence-corrected chi connectivity index (χ4v) is 5.71. The molecule has 3 rings (SSSR count). The number of para-hydroxylation sites is 1. The molecule has 0 aliphatic heterocycles. The number of rotatable bonds is 5. The van der Waals surface area contributed by atoms with Gasteiger partial charge in [-0.15, -0.1) is 0 Å². The van der Waals surface area contributed by atoms with E-state index in [0.717, 1.165) is 22.9 Å². The largest absolute Gasteiger partial charge is 0.392 e. The summed E-state index contributed by atoms with van der Waals surface area (Å²) >= 11 is 0. The highest BCUT2D eigenvalue weighted by molar-refractivity contribution is 6.84. The standard InChI is InChI=1S/C19H23NO2Si/c1-23(2,3)19-15(12-16(19)13-21)8-9-18(22)20-11-10-14-6-4-5-7-17(14)20/h4-7,10-12,21H,8-9,13H2,1-3H3. The van der Waals surface area contributed by atoms with Crippen molar-refractivity contribution in [3.63, 3.8) is 0 Å². The highest BCUT2D eigenvalue weighted by atomic mass is 28.3. The van der Waals surface area contributed by atoms with Crippen LogP contribution in [0.1, 0.15) is 17.6 Å². The van der Waals surface area contributed by atoms with Crippen LogP contribution in [-0.4, -0.2) is 30.3 Å². The third-order valence-corrected chi connectivity index (χ3v) is 6.53. The van der Waals surface area contributed by atoms with E-state index in [1.54, 1.807) is 4.57 Å². The molecule has 1 aromatic carbocycles. The summed E-state index contributed by atoms with van der Waals surface area (Å²) in [6.45, 7) is 6.96. The average molecular weight is 325 g/mol. The van der Waals surface area contributed by atoms with Crippen molar-refractivity contribution in [1.82, 2.24) is 4.57 Å². The Kier molecular flexibility index (Phi) is 4.13. The fraction of sp³-hybridized carbons (Fsp3) is 0.316. The van der Waals surface area contributed by atoms with Crippen molar-refractivity contribution in [2.24, 2.45) is 0 Å². The van der Waals surface area contributed by atoms with Crippen LogP contribution >= 0.6 is 0 Å². The molecule has 1 aliphatic rings. The van der Waals surface area contributed by atoms with E-state index in [0.29, 0.717) is 6.42 Å². The minimum Gasteiger partial charge on any atom is -0.392 e. The summed E-state index contributed by atoms with van der Waals surface area (Å²) in [5.41, 5.74) is 3.30. The maximum atomic E-state index is 12.6. The monoisotopic (exact) mass is 325 g/mol. The van der Waals surface area contributed by atoms with Crippen LogP contribution in [0.15, 0.2) is 58.9 Å². The number of carbonyl (C=O) groups is 1. The van der Waals surface area contributed by atoms with Crippen molar-refractivity contribution < 1.29 is 9.90 Å². The lowest BCUT2D eigenvalue weighted by Crippen LogP contribution is -2.31. The molecule has 0 radical (unpaired) electrons. The molecule has 120 valence electrons. The Balaban J connectivity index is 1.75. The summed E-state index contributed by atoms with van der Waals surface area (Å²) in [7, 11) is -1.47. The van der Waals surface area contributed by atoms with Gasteiger partial charge in [-0.2, -0.15) is 0 Å². The van der Waals surface area contributed by atoms with Crippen molar-refractivity contribution in [2.45, 2.75) is 32.5 Å². The number of allylic oxidation sites excluding steroid dienone is 2. The number of hydrogen-bond acceptors (Lipinski definition) is 2. The first-order valence-electron chi connectivity index (χ1n) is 8.06. The lowest BCUT2D eigenvalue weighted by atomic mass is 9.95. The van der Waals surface area contributed by atoms with Gasteiger partial charge in [-0.05, 0) is 29.7 Å². The van der Waals surface area contributed by atoms with E-state index in [4.69, 9.17) is 0 Å². The Labute approximate surface area is 137 Å². The number of nitrogens with zero attached hydrogens (tertiary/aromatic N) is 1. The predicted molar refractivity (Wildman–Crippen MR) is 97.3 cm³/mol. The molecule has 0 atom stereocenters. The average Bonchev–Trinajstić information content (AvgIpc) is 2.88. The van der Waals surface area contributed by atoms with Crippen LogP contribution < -0.4 is 0 Å². The van der Waals surface area contributed by atoms with Gasteiger partial charge in [0.2, 0.25) is 5.91 Å². The zero-order chi connectivity index (χ0) is 16.6. The third-order valence-electron chi connectivity index (χ3n) is 4.39. The van der Waals surface area contributed by atoms with Gasteiger partial charge in [0.15, 0.2) is 0 Å². The number of aromatic nitrogens is 1. The second-order valence-corrected chi connectivity index (χ2v) is 12.1. The second-order valence-electron chi connectivity index (χ2n) is 7.12. The summed E-state index contributed by atoms with van der Waals surface area (Å²) in [4.78, 5) is 12.6. The van der Waals surface area contributed by atoms with Gasteiger partial charge in [0.1, 0.15) is 0 Å². The van der Waals surface area contributed by atoms with Crippen molar-refractivity contribution >= 4 is 24.9 Å². The van der Waals surface area contributed by atoms with E-state index >= 15 is 0 Å². The molecule has 3 nitrogen and oxygen atoms in total. The number of carbonyl (C=O) groups excluding carboxylic acids is 1. The van der Waals surface area contributed by atoms with Crippen LogP contribution in [0.25, 0.3) is 10.9 Å². The number of fused-ring (bicyclic) bond motifs is 1. The molecule has 0 amide bonds. The van der Waals surface area contributed by atoms with Crippen LogP contribution in [0.4, 0.5) is 0 Å². The van der Waals surface area contributed by atoms with E-state index in [1.165, 1.54) is 10.8 Å². The summed E-state index contributed by atoms with van der Waals surface area (Å²) in [5, 5.41) is 11.9. The smallest absolute Gasteiger partial charge is 0.231 e. The first-order valence-corrected chi connectivity index (χ1v) is 11.6. The summed E-state index contributed by atoms with van der Waals surface area (Å²) in [5.74, 6) is 0.125. The summed E-state index contributed by atoms with van der Waals surface area (Å²) < 4.78 is 1.75. The van der Waals surface area contributed by atoms with E-state index in [-0.39, 0.29) is 12.5 Å². The van der Waals surface area contributed by atoms with E-state index in [2.05, 4.69) is 25.7 Å². The molecule has 0 saturated heterocycles. The lowest BCUT2D eigenvalue weighted by molar-refractivity contribution is 0.0908. The molecule has 1 heterocycles. The molecule has 1 aliphatic carbocycles. The van der Waals surface area contributed by atoms with Gasteiger partial charge in [-0.3, -0.25) is 9.36 Å². The summed E-state index contributed by atoms with van der Waals surface area (Å²) in [6.07, 6.45) is 5.18. The number of aliphatic hydroxyl groups is 1. The second kappa shape index (κ2) is 5.94. The van der Waals surface area contributed by atoms with E-state index in [9.17, 15) is 9.90 Å². The lowest BCUT2D eigenvalue weighted by Gasteiger charge is -2.32. The van der Waals surface area contributed by atoms with E-state index < -0.39 is 8.07 Å². The van der Waals surface area contributed by atoms with Crippen molar-refractivity contribution in [3.8, 4) is 0 Å². The Morgan fingerprint density at radius 2 is 1.91 bits per heavy atom. The molecule has 23 heavy (non-hydrogen) atoms. The van der Waals surface area contributed by atoms with Crippen LogP contribution in [0.5, 0.6) is 0 Å². The van der Waals surface area contributed by atoms with Crippen molar-refractivity contribution in [2.75, 3.05) is 6.61 Å². The van der Waals surface area contributed by atoms with Crippen molar-refractivity contribution in [3.05, 3.63) is 58.9 Å². The van der Waals surface area contributed by atoms with Gasteiger partial charge >= 0.3 is 0 Å². The first kappa shape index (κ1) is 16.0. The van der Waals surface area contributed by atoms with Gasteiger partial charge in [0, 0.05) is 18.0 Å². The Morgan fingerprint density at radius 1 is 1.17 bits per heavy atom. The normalized spacial score (nSPS) is 14.9. The quantitative estimate of drug-likeness (QED) is 0.838. The molecular weight excluding hydrogens is 302 g/mol. The molecular formula is C19H23NO2Si. The van der Waals surface area contributed by atoms with E-state index in [1.807, 2.05) is 36.5 Å². The Morgan fingerprint density at radius 3 is 2.61 bits per heavy atom. The highest BCUT2D eigenvalue weighted by Gasteiger charge is 2.30. The zero-order valence-corrected chi connectivity index (χ0v) is 15.0. The van der Waals surface area contributed by atoms with Gasteiger partial charge in [0.05, 0.1) is 20.2 Å². The molecule has 1 N–H and O–H groups in total. The predicted octanol–water partition coefficient (Wildman–Crippen LogP) is 4.17. The van der Waals surface area contributed by atoms with Crippen LogP contribution in [0.3, 0.4) is 0 Å². The molecule has 0 unspecified atom stereocenters. The van der Waals surface area contributed by atoms with Crippen LogP contribution in [0, 0.1) is 0 Å².